The number of sulfone groups is 1. The zero-order valence-corrected chi connectivity index (χ0v) is 13.0. The molecular formula is C13H26N2O3S. The number of Topliss-reactive ketones (excluding diaryl/α,β-unsaturated/α-hetero) is 1. The highest BCUT2D eigenvalue weighted by Crippen LogP contribution is 2.17. The van der Waals surface area contributed by atoms with Crippen LogP contribution in [0.3, 0.4) is 0 Å². The highest BCUT2D eigenvalue weighted by atomic mass is 32.2. The lowest BCUT2D eigenvalue weighted by atomic mass is 10.1. The third-order valence-electron chi connectivity index (χ3n) is 3.61. The van der Waals surface area contributed by atoms with Crippen molar-refractivity contribution in [1.82, 2.24) is 4.90 Å². The largest absolute Gasteiger partial charge is 0.328 e. The summed E-state index contributed by atoms with van der Waals surface area (Å²) in [6, 6.07) is 0.243. The van der Waals surface area contributed by atoms with Gasteiger partial charge in [-0.3, -0.25) is 9.69 Å². The van der Waals surface area contributed by atoms with Crippen LogP contribution in [0, 0.1) is 0 Å². The first-order valence-electron chi connectivity index (χ1n) is 6.84. The fourth-order valence-electron chi connectivity index (χ4n) is 1.99. The molecule has 0 aromatic heterocycles. The van der Waals surface area contributed by atoms with Crippen LogP contribution in [-0.4, -0.2) is 55.3 Å². The average Bonchev–Trinajstić information content (AvgIpc) is 2.28. The van der Waals surface area contributed by atoms with Gasteiger partial charge in [-0.05, 0) is 33.6 Å². The number of hydrogen-bond acceptors (Lipinski definition) is 5. The predicted octanol–water partition coefficient (Wildman–Crippen LogP) is 0.582. The Hall–Kier alpha value is -0.460. The summed E-state index contributed by atoms with van der Waals surface area (Å²) < 4.78 is 23.0. The summed E-state index contributed by atoms with van der Waals surface area (Å²) in [4.78, 5) is 13.9. The summed E-state index contributed by atoms with van der Waals surface area (Å²) in [5.74, 6) is -0.0498. The molecule has 1 rings (SSSR count). The van der Waals surface area contributed by atoms with E-state index in [0.29, 0.717) is 6.54 Å². The van der Waals surface area contributed by atoms with Gasteiger partial charge in [-0.1, -0.05) is 0 Å². The zero-order chi connectivity index (χ0) is 14.7. The normalized spacial score (nSPS) is 19.6. The highest BCUT2D eigenvalue weighted by Gasteiger charge is 2.29. The maximum Gasteiger partial charge on any atom is 0.155 e. The zero-order valence-electron chi connectivity index (χ0n) is 12.2. The quantitative estimate of drug-likeness (QED) is 0.801. The molecule has 19 heavy (non-hydrogen) atoms. The molecule has 0 aromatic rings. The summed E-state index contributed by atoms with van der Waals surface area (Å²) in [5, 5.41) is 0. The van der Waals surface area contributed by atoms with Gasteiger partial charge in [-0.25, -0.2) is 8.42 Å². The lowest BCUT2D eigenvalue weighted by molar-refractivity contribution is -0.120. The fraction of sp³-hybridized carbons (Fsp3) is 0.923. The van der Waals surface area contributed by atoms with Gasteiger partial charge < -0.3 is 5.73 Å². The van der Waals surface area contributed by atoms with Crippen molar-refractivity contribution in [3.8, 4) is 0 Å². The predicted molar refractivity (Wildman–Crippen MR) is 76.8 cm³/mol. The molecule has 1 aliphatic rings. The molecule has 1 saturated heterocycles. The minimum atomic E-state index is -3.20. The molecule has 0 atom stereocenters. The monoisotopic (exact) mass is 290 g/mol. The van der Waals surface area contributed by atoms with Crippen LogP contribution in [0.2, 0.25) is 0 Å². The van der Waals surface area contributed by atoms with Gasteiger partial charge in [0.15, 0.2) is 9.84 Å². The lowest BCUT2D eigenvalue weighted by Crippen LogP contribution is -2.42. The highest BCUT2D eigenvalue weighted by molar-refractivity contribution is 7.92. The maximum atomic E-state index is 11.9. The van der Waals surface area contributed by atoms with E-state index in [4.69, 9.17) is 5.73 Å². The topological polar surface area (TPSA) is 80.5 Å². The smallest absolute Gasteiger partial charge is 0.155 e. The van der Waals surface area contributed by atoms with Crippen molar-refractivity contribution in [3.05, 3.63) is 0 Å². The fourth-order valence-corrected chi connectivity index (χ4v) is 3.10. The molecule has 2 N–H and O–H groups in total. The first-order chi connectivity index (χ1) is 8.62. The molecule has 0 bridgehead atoms. The molecule has 0 saturated carbocycles. The van der Waals surface area contributed by atoms with Gasteiger partial charge in [0.25, 0.3) is 0 Å². The van der Waals surface area contributed by atoms with Gasteiger partial charge in [0.2, 0.25) is 0 Å². The number of hydrogen-bond donors (Lipinski definition) is 1. The first kappa shape index (κ1) is 16.6. The van der Waals surface area contributed by atoms with E-state index in [2.05, 4.69) is 4.90 Å². The Bertz CT molecular complexity index is 404. The SMILES string of the molecule is CC(C)(C)S(=O)(=O)CCC(=O)CN1CCC(N)CC1. The van der Waals surface area contributed by atoms with Crippen LogP contribution in [0.15, 0.2) is 0 Å². The molecule has 112 valence electrons. The number of ketones is 1. The Morgan fingerprint density at radius 2 is 1.79 bits per heavy atom. The molecule has 0 aliphatic carbocycles. The van der Waals surface area contributed by atoms with Crippen LogP contribution in [0.5, 0.6) is 0 Å². The van der Waals surface area contributed by atoms with Crippen LogP contribution in [-0.2, 0) is 14.6 Å². The summed E-state index contributed by atoms with van der Waals surface area (Å²) in [6.45, 7) is 7.01. The van der Waals surface area contributed by atoms with E-state index in [1.165, 1.54) is 0 Å². The van der Waals surface area contributed by atoms with E-state index in [1.54, 1.807) is 20.8 Å². The number of carbonyl (C=O) groups excluding carboxylic acids is 1. The first-order valence-corrected chi connectivity index (χ1v) is 8.49. The van der Waals surface area contributed by atoms with Crippen molar-refractivity contribution in [2.75, 3.05) is 25.4 Å². The summed E-state index contributed by atoms with van der Waals surface area (Å²) in [6.07, 6.45) is 1.93. The van der Waals surface area contributed by atoms with Crippen LogP contribution >= 0.6 is 0 Å². The standard InChI is InChI=1S/C13H26N2O3S/c1-13(2,3)19(17,18)9-6-12(16)10-15-7-4-11(14)5-8-15/h11H,4-10,14H2,1-3H3. The Kier molecular flexibility index (Phi) is 5.53. The second kappa shape index (κ2) is 6.33. The molecule has 0 aromatic carbocycles. The molecule has 6 heteroatoms. The summed E-state index contributed by atoms with van der Waals surface area (Å²) in [5.41, 5.74) is 5.80. The van der Waals surface area contributed by atoms with Gasteiger partial charge >= 0.3 is 0 Å². The summed E-state index contributed by atoms with van der Waals surface area (Å²) >= 11 is 0. The average molecular weight is 290 g/mol. The van der Waals surface area contributed by atoms with Crippen LogP contribution in [0.4, 0.5) is 0 Å². The summed E-state index contributed by atoms with van der Waals surface area (Å²) in [7, 11) is -3.20. The van der Waals surface area contributed by atoms with E-state index < -0.39 is 14.6 Å². The third-order valence-corrected chi connectivity index (χ3v) is 6.22. The van der Waals surface area contributed by atoms with Gasteiger partial charge in [-0.15, -0.1) is 0 Å². The van der Waals surface area contributed by atoms with Crippen LogP contribution in [0.25, 0.3) is 0 Å². The van der Waals surface area contributed by atoms with Crippen molar-refractivity contribution in [3.63, 3.8) is 0 Å². The lowest BCUT2D eigenvalue weighted by Gasteiger charge is -2.29. The number of carbonyl (C=O) groups is 1. The van der Waals surface area contributed by atoms with Crippen molar-refractivity contribution in [1.29, 1.82) is 0 Å². The number of likely N-dealkylation sites (tertiary alicyclic amines) is 1. The minimum Gasteiger partial charge on any atom is -0.328 e. The Labute approximate surface area is 116 Å². The molecule has 0 unspecified atom stereocenters. The van der Waals surface area contributed by atoms with Gasteiger partial charge in [-0.2, -0.15) is 0 Å². The van der Waals surface area contributed by atoms with E-state index >= 15 is 0 Å². The van der Waals surface area contributed by atoms with E-state index in [0.717, 1.165) is 25.9 Å². The molecular weight excluding hydrogens is 264 g/mol. The van der Waals surface area contributed by atoms with E-state index in [-0.39, 0.29) is 24.0 Å². The molecule has 1 heterocycles. The molecule has 0 amide bonds. The Balaban J connectivity index is 2.37. The Morgan fingerprint density at radius 1 is 1.26 bits per heavy atom. The second-order valence-corrected chi connectivity index (χ2v) is 9.20. The van der Waals surface area contributed by atoms with Crippen molar-refractivity contribution in [2.45, 2.75) is 50.8 Å². The van der Waals surface area contributed by atoms with Gasteiger partial charge in [0.05, 0.1) is 17.0 Å². The number of nitrogens with zero attached hydrogens (tertiary/aromatic N) is 1. The number of nitrogens with two attached hydrogens (primary N) is 1. The number of piperidine rings is 1. The molecule has 1 aliphatic heterocycles. The van der Waals surface area contributed by atoms with Crippen molar-refractivity contribution >= 4 is 15.6 Å². The van der Waals surface area contributed by atoms with Crippen LogP contribution < -0.4 is 5.73 Å². The Morgan fingerprint density at radius 3 is 2.26 bits per heavy atom. The molecule has 0 radical (unpaired) electrons. The van der Waals surface area contributed by atoms with Crippen molar-refractivity contribution < 1.29 is 13.2 Å². The van der Waals surface area contributed by atoms with Crippen LogP contribution in [0.1, 0.15) is 40.0 Å². The van der Waals surface area contributed by atoms with Crippen molar-refractivity contribution in [2.24, 2.45) is 5.73 Å². The third kappa shape index (κ3) is 5.20. The second-order valence-electron chi connectivity index (χ2n) is 6.33. The van der Waals surface area contributed by atoms with E-state index in [9.17, 15) is 13.2 Å². The van der Waals surface area contributed by atoms with Gasteiger partial charge in [0.1, 0.15) is 5.78 Å². The number of rotatable bonds is 5. The molecule has 1 fully saturated rings. The van der Waals surface area contributed by atoms with E-state index in [1.807, 2.05) is 0 Å². The van der Waals surface area contributed by atoms with Gasteiger partial charge in [0, 0.05) is 25.6 Å². The molecule has 0 spiro atoms. The molecule has 5 nitrogen and oxygen atoms in total. The minimum absolute atomic E-state index is 0.00305. The maximum absolute atomic E-state index is 11.9.